The molecule has 0 spiro atoms. The average molecular weight is 417 g/mol. The number of rotatable bonds is 9. The molecular formula is C27H32N2O2. The lowest BCUT2D eigenvalue weighted by atomic mass is 9.86. The van der Waals surface area contributed by atoms with E-state index in [-0.39, 0.29) is 5.97 Å². The van der Waals surface area contributed by atoms with Crippen LogP contribution in [0.15, 0.2) is 48.8 Å². The van der Waals surface area contributed by atoms with Gasteiger partial charge in [-0.05, 0) is 69.0 Å². The van der Waals surface area contributed by atoms with Crippen molar-refractivity contribution in [1.82, 2.24) is 9.97 Å². The highest BCUT2D eigenvalue weighted by atomic mass is 16.5. The summed E-state index contributed by atoms with van der Waals surface area (Å²) in [4.78, 5) is 18.6. The highest BCUT2D eigenvalue weighted by molar-refractivity contribution is 5.88. The van der Waals surface area contributed by atoms with Crippen molar-refractivity contribution in [3.8, 4) is 0 Å². The Kier molecular flexibility index (Phi) is 6.45. The van der Waals surface area contributed by atoms with Crippen LogP contribution < -0.4 is 0 Å². The maximum absolute atomic E-state index is 11.6. The first-order chi connectivity index (χ1) is 15.1. The maximum Gasteiger partial charge on any atom is 0.305 e. The van der Waals surface area contributed by atoms with Crippen LogP contribution in [0.2, 0.25) is 0 Å². The van der Waals surface area contributed by atoms with E-state index in [1.807, 2.05) is 6.92 Å². The molecule has 4 aromatic rings. The van der Waals surface area contributed by atoms with Gasteiger partial charge in [-0.1, -0.05) is 36.1 Å². The molecule has 0 saturated heterocycles. The van der Waals surface area contributed by atoms with Crippen molar-refractivity contribution in [2.24, 2.45) is 0 Å². The zero-order valence-corrected chi connectivity index (χ0v) is 18.8. The summed E-state index contributed by atoms with van der Waals surface area (Å²) < 4.78 is 5.06. The molecule has 31 heavy (non-hydrogen) atoms. The predicted molar refractivity (Wildman–Crippen MR) is 128 cm³/mol. The number of esters is 1. The molecule has 162 valence electrons. The van der Waals surface area contributed by atoms with Crippen LogP contribution in [0.3, 0.4) is 0 Å². The number of unbranched alkanes of at least 4 members (excludes halogenated alkanes) is 2. The number of H-pyrrole nitrogens is 2. The number of aromatic amines is 2. The molecular weight excluding hydrogens is 384 g/mol. The van der Waals surface area contributed by atoms with Gasteiger partial charge < -0.3 is 14.7 Å². The van der Waals surface area contributed by atoms with Crippen molar-refractivity contribution in [3.05, 3.63) is 71.0 Å². The smallest absolute Gasteiger partial charge is 0.305 e. The van der Waals surface area contributed by atoms with Crippen molar-refractivity contribution < 1.29 is 9.53 Å². The lowest BCUT2D eigenvalue weighted by molar-refractivity contribution is -0.143. The number of fused-ring (bicyclic) bond motifs is 2. The van der Waals surface area contributed by atoms with Crippen molar-refractivity contribution in [1.29, 1.82) is 0 Å². The normalized spacial score (nSPS) is 11.6. The number of aromatic nitrogens is 2. The molecule has 0 aliphatic rings. The van der Waals surface area contributed by atoms with Crippen molar-refractivity contribution in [2.75, 3.05) is 6.61 Å². The molecule has 0 amide bonds. The van der Waals surface area contributed by atoms with Crippen LogP contribution in [0.4, 0.5) is 0 Å². The molecule has 2 heterocycles. The highest BCUT2D eigenvalue weighted by Crippen LogP contribution is 2.38. The maximum atomic E-state index is 11.6. The molecule has 2 aromatic heterocycles. The summed E-state index contributed by atoms with van der Waals surface area (Å²) in [5.74, 6) is 0.215. The van der Waals surface area contributed by atoms with E-state index >= 15 is 0 Å². The number of carbonyl (C=O) groups excluding carboxylic acids is 1. The molecule has 0 aliphatic heterocycles. The first kappa shape index (κ1) is 21.2. The van der Waals surface area contributed by atoms with Gasteiger partial charge in [0.25, 0.3) is 0 Å². The van der Waals surface area contributed by atoms with Gasteiger partial charge >= 0.3 is 5.97 Å². The minimum atomic E-state index is -0.0849. The summed E-state index contributed by atoms with van der Waals surface area (Å²) >= 11 is 0. The second-order valence-corrected chi connectivity index (χ2v) is 8.54. The van der Waals surface area contributed by atoms with Crippen molar-refractivity contribution in [3.63, 3.8) is 0 Å². The SMILES string of the molecule is CCOC(=O)CCCCCC(c1c[nH]c2ccc(C)cc12)c1c[nH]c2ccc(C)cc12. The molecule has 4 heteroatoms. The van der Waals surface area contributed by atoms with E-state index < -0.39 is 0 Å². The quantitative estimate of drug-likeness (QED) is 0.230. The fraction of sp³-hybridized carbons (Fsp3) is 0.370. The van der Waals surface area contributed by atoms with Crippen LogP contribution in [0.5, 0.6) is 0 Å². The van der Waals surface area contributed by atoms with Gasteiger partial charge in [0.05, 0.1) is 6.61 Å². The molecule has 0 aliphatic carbocycles. The largest absolute Gasteiger partial charge is 0.466 e. The number of aryl methyl sites for hydroxylation is 2. The lowest BCUT2D eigenvalue weighted by Crippen LogP contribution is -2.04. The fourth-order valence-corrected chi connectivity index (χ4v) is 4.59. The molecule has 4 rings (SSSR count). The zero-order chi connectivity index (χ0) is 21.8. The van der Waals surface area contributed by atoms with Crippen molar-refractivity contribution >= 4 is 27.8 Å². The average Bonchev–Trinajstić information content (AvgIpc) is 3.35. The van der Waals surface area contributed by atoms with E-state index in [0.717, 1.165) is 25.7 Å². The van der Waals surface area contributed by atoms with E-state index in [9.17, 15) is 4.79 Å². The Morgan fingerprint density at radius 2 is 1.45 bits per heavy atom. The van der Waals surface area contributed by atoms with Crippen LogP contribution in [0.25, 0.3) is 21.8 Å². The van der Waals surface area contributed by atoms with Gasteiger partial charge in [-0.15, -0.1) is 0 Å². The zero-order valence-electron chi connectivity index (χ0n) is 18.8. The molecule has 0 radical (unpaired) electrons. The van der Waals surface area contributed by atoms with Gasteiger partial charge in [0.2, 0.25) is 0 Å². The summed E-state index contributed by atoms with van der Waals surface area (Å²) in [6.45, 7) is 6.61. The minimum Gasteiger partial charge on any atom is -0.466 e. The van der Waals surface area contributed by atoms with E-state index in [0.29, 0.717) is 18.9 Å². The third-order valence-electron chi connectivity index (χ3n) is 6.17. The highest BCUT2D eigenvalue weighted by Gasteiger charge is 2.21. The van der Waals surface area contributed by atoms with Gasteiger partial charge in [0, 0.05) is 46.5 Å². The van der Waals surface area contributed by atoms with Gasteiger partial charge in [0.1, 0.15) is 0 Å². The van der Waals surface area contributed by atoms with E-state index in [2.05, 4.69) is 72.6 Å². The number of hydrogen-bond acceptors (Lipinski definition) is 2. The number of hydrogen-bond donors (Lipinski definition) is 2. The minimum absolute atomic E-state index is 0.0849. The third-order valence-corrected chi connectivity index (χ3v) is 6.17. The monoisotopic (exact) mass is 416 g/mol. The lowest BCUT2D eigenvalue weighted by Gasteiger charge is -2.17. The Bertz CT molecular complexity index is 1100. The van der Waals surface area contributed by atoms with Crippen molar-refractivity contribution in [2.45, 2.75) is 58.8 Å². The third kappa shape index (κ3) is 4.68. The molecule has 0 saturated carbocycles. The second-order valence-electron chi connectivity index (χ2n) is 8.54. The van der Waals surface area contributed by atoms with Crippen LogP contribution in [-0.2, 0) is 9.53 Å². The molecule has 0 atom stereocenters. The fourth-order valence-electron chi connectivity index (χ4n) is 4.59. The first-order valence-electron chi connectivity index (χ1n) is 11.4. The Hall–Kier alpha value is -3.01. The topological polar surface area (TPSA) is 57.9 Å². The van der Waals surface area contributed by atoms with Crippen LogP contribution in [-0.4, -0.2) is 22.5 Å². The molecule has 2 aromatic carbocycles. The van der Waals surface area contributed by atoms with E-state index in [1.54, 1.807) is 0 Å². The van der Waals surface area contributed by atoms with E-state index in [1.165, 1.54) is 44.1 Å². The summed E-state index contributed by atoms with van der Waals surface area (Å²) in [7, 11) is 0. The van der Waals surface area contributed by atoms with E-state index in [4.69, 9.17) is 4.74 Å². The second kappa shape index (κ2) is 9.42. The number of nitrogens with one attached hydrogen (secondary N) is 2. The molecule has 0 unspecified atom stereocenters. The first-order valence-corrected chi connectivity index (χ1v) is 11.4. The molecule has 0 fully saturated rings. The summed E-state index contributed by atoms with van der Waals surface area (Å²) in [6, 6.07) is 13.2. The standard InChI is InChI=1S/C27H32N2O2/c1-4-31-27(30)9-7-5-6-8-20(23-16-28-25-12-10-18(2)14-21(23)25)24-17-29-26-13-11-19(3)15-22(24)26/h10-17,20,28-29H,4-9H2,1-3H3. The van der Waals surface area contributed by atoms with Crippen LogP contribution in [0, 0.1) is 13.8 Å². The van der Waals surface area contributed by atoms with Crippen LogP contribution >= 0.6 is 0 Å². The Balaban J connectivity index is 1.62. The molecule has 4 nitrogen and oxygen atoms in total. The summed E-state index contributed by atoms with van der Waals surface area (Å²) in [6.07, 6.45) is 8.90. The Morgan fingerprint density at radius 3 is 2.00 bits per heavy atom. The Morgan fingerprint density at radius 1 is 0.871 bits per heavy atom. The molecule has 2 N–H and O–H groups in total. The van der Waals surface area contributed by atoms with Gasteiger partial charge in [0.15, 0.2) is 0 Å². The number of carbonyl (C=O) groups is 1. The van der Waals surface area contributed by atoms with Gasteiger partial charge in [-0.3, -0.25) is 4.79 Å². The summed E-state index contributed by atoms with van der Waals surface area (Å²) in [5.41, 5.74) is 7.62. The van der Waals surface area contributed by atoms with Gasteiger partial charge in [-0.2, -0.15) is 0 Å². The van der Waals surface area contributed by atoms with Crippen LogP contribution in [0.1, 0.15) is 67.2 Å². The van der Waals surface area contributed by atoms with Gasteiger partial charge in [-0.25, -0.2) is 0 Å². The number of benzene rings is 2. The molecule has 0 bridgehead atoms. The predicted octanol–water partition coefficient (Wildman–Crippen LogP) is 6.91. The Labute approximate surface area is 184 Å². The number of ether oxygens (including phenoxy) is 1. The summed E-state index contributed by atoms with van der Waals surface area (Å²) in [5, 5.41) is 2.61.